The minimum absolute atomic E-state index is 0.00853. The van der Waals surface area contributed by atoms with Crippen molar-refractivity contribution in [2.24, 2.45) is 12.8 Å². The Balaban J connectivity index is 1.50. The van der Waals surface area contributed by atoms with Gasteiger partial charge in [0.1, 0.15) is 10.4 Å². The summed E-state index contributed by atoms with van der Waals surface area (Å²) < 4.78 is 25.5. The third kappa shape index (κ3) is 4.17. The second kappa shape index (κ2) is 9.31. The summed E-state index contributed by atoms with van der Waals surface area (Å²) in [5.74, 6) is -0.794. The van der Waals surface area contributed by atoms with Gasteiger partial charge in [0.15, 0.2) is 15.5 Å². The average Bonchev–Trinajstić information content (AvgIpc) is 3.60. The van der Waals surface area contributed by atoms with E-state index in [4.69, 9.17) is 11.0 Å². The summed E-state index contributed by atoms with van der Waals surface area (Å²) in [5, 5.41) is 25.7. The number of carbonyl (C=O) groups is 2. The number of aliphatic hydroxyl groups is 1. The van der Waals surface area contributed by atoms with Crippen molar-refractivity contribution in [3.63, 3.8) is 0 Å². The number of aryl methyl sites for hydroxylation is 1. The van der Waals surface area contributed by atoms with E-state index in [2.05, 4.69) is 10.4 Å². The number of fused-ring (bicyclic) bond motifs is 1. The van der Waals surface area contributed by atoms with Crippen molar-refractivity contribution in [1.82, 2.24) is 20.0 Å². The van der Waals surface area contributed by atoms with Crippen molar-refractivity contribution in [2.45, 2.75) is 42.2 Å². The molecule has 1 unspecified atom stereocenters. The predicted octanol–water partition coefficient (Wildman–Crippen LogP) is -0.123. The number of nitriles is 1. The van der Waals surface area contributed by atoms with Crippen LogP contribution < -0.4 is 11.1 Å². The van der Waals surface area contributed by atoms with Crippen molar-refractivity contribution in [3.8, 4) is 6.07 Å². The molecule has 4 N–H and O–H groups in total. The lowest BCUT2D eigenvalue weighted by atomic mass is 10.0. The zero-order valence-electron chi connectivity index (χ0n) is 20.3. The molecule has 2 amide bonds. The number of sulfone groups is 1. The molecule has 1 aliphatic heterocycles. The summed E-state index contributed by atoms with van der Waals surface area (Å²) in [5.41, 5.74) is 8.00. The maximum absolute atomic E-state index is 13.4. The third-order valence-electron chi connectivity index (χ3n) is 7.29. The molecule has 0 bridgehead atoms. The summed E-state index contributed by atoms with van der Waals surface area (Å²) in [6.07, 6.45) is 1.16. The van der Waals surface area contributed by atoms with Gasteiger partial charge < -0.3 is 21.1 Å². The number of amides is 2. The van der Waals surface area contributed by atoms with Gasteiger partial charge in [-0.2, -0.15) is 10.4 Å². The number of nitrogens with two attached hydrogens (primary N) is 1. The van der Waals surface area contributed by atoms with Crippen LogP contribution in [0.3, 0.4) is 0 Å². The van der Waals surface area contributed by atoms with Crippen LogP contribution in [-0.4, -0.2) is 75.8 Å². The largest absolute Gasteiger partial charge is 0.395 e. The highest BCUT2D eigenvalue weighted by Crippen LogP contribution is 2.49. The fourth-order valence-electron chi connectivity index (χ4n) is 4.65. The molecule has 1 atom stereocenters. The SMILES string of the molecule is Cn1nc(C(=O)NCc2ccc(C#N)cc2)c2c1C(=O)N(CC1(S(=O)(=O)C(C)(CN)CO)CC1)CC2. The van der Waals surface area contributed by atoms with Crippen LogP contribution in [0.4, 0.5) is 0 Å². The Kier molecular flexibility index (Phi) is 6.68. The molecule has 2 aromatic rings. The molecule has 2 heterocycles. The highest BCUT2D eigenvalue weighted by Gasteiger charge is 2.61. The van der Waals surface area contributed by atoms with Gasteiger partial charge in [0.2, 0.25) is 0 Å². The van der Waals surface area contributed by atoms with E-state index in [9.17, 15) is 23.1 Å². The summed E-state index contributed by atoms with van der Waals surface area (Å²) in [4.78, 5) is 27.8. The fraction of sp³-hybridized carbons (Fsp3) is 0.500. The topological polar surface area (TPSA) is 171 Å². The lowest BCUT2D eigenvalue weighted by molar-refractivity contribution is 0.0724. The molecular weight excluding hydrogens is 484 g/mol. The van der Waals surface area contributed by atoms with Gasteiger partial charge >= 0.3 is 0 Å². The van der Waals surface area contributed by atoms with Crippen LogP contribution in [0.2, 0.25) is 0 Å². The zero-order chi connectivity index (χ0) is 26.3. The molecule has 1 saturated carbocycles. The first-order chi connectivity index (χ1) is 17.0. The molecule has 1 fully saturated rings. The van der Waals surface area contributed by atoms with Crippen LogP contribution in [0.15, 0.2) is 24.3 Å². The molecule has 0 saturated heterocycles. The van der Waals surface area contributed by atoms with Gasteiger partial charge in [-0.15, -0.1) is 0 Å². The van der Waals surface area contributed by atoms with E-state index in [0.29, 0.717) is 30.4 Å². The van der Waals surface area contributed by atoms with Gasteiger partial charge in [-0.1, -0.05) is 12.1 Å². The Morgan fingerprint density at radius 1 is 1.33 bits per heavy atom. The molecule has 192 valence electrons. The molecule has 1 aromatic carbocycles. The maximum Gasteiger partial charge on any atom is 0.272 e. The number of hydrogen-bond donors (Lipinski definition) is 3. The summed E-state index contributed by atoms with van der Waals surface area (Å²) in [6.45, 7) is 1.13. The first-order valence-electron chi connectivity index (χ1n) is 11.7. The number of nitrogens with one attached hydrogen (secondary N) is 1. The van der Waals surface area contributed by atoms with Gasteiger partial charge in [0.05, 0.1) is 23.0 Å². The van der Waals surface area contributed by atoms with Gasteiger partial charge in [-0.05, 0) is 43.9 Å². The monoisotopic (exact) mass is 514 g/mol. The van der Waals surface area contributed by atoms with E-state index in [1.54, 1.807) is 31.3 Å². The second-order valence-electron chi connectivity index (χ2n) is 9.77. The molecule has 1 aliphatic carbocycles. The molecule has 2 aliphatic rings. The minimum Gasteiger partial charge on any atom is -0.395 e. The third-order valence-corrected chi connectivity index (χ3v) is 10.6. The lowest BCUT2D eigenvalue weighted by Crippen LogP contribution is -2.55. The first-order valence-corrected chi connectivity index (χ1v) is 13.2. The molecule has 36 heavy (non-hydrogen) atoms. The minimum atomic E-state index is -3.82. The highest BCUT2D eigenvalue weighted by molar-refractivity contribution is 7.94. The van der Waals surface area contributed by atoms with Crippen LogP contribution in [0.1, 0.15) is 57.4 Å². The van der Waals surface area contributed by atoms with Crippen LogP contribution >= 0.6 is 0 Å². The van der Waals surface area contributed by atoms with Crippen LogP contribution in [-0.2, 0) is 29.9 Å². The Bertz CT molecular complexity index is 1330. The number of hydrogen-bond acceptors (Lipinski definition) is 8. The first kappa shape index (κ1) is 25.8. The van der Waals surface area contributed by atoms with Gasteiger partial charge in [-0.25, -0.2) is 8.42 Å². The predicted molar refractivity (Wildman–Crippen MR) is 131 cm³/mol. The van der Waals surface area contributed by atoms with E-state index >= 15 is 0 Å². The highest BCUT2D eigenvalue weighted by atomic mass is 32.2. The van der Waals surface area contributed by atoms with Crippen LogP contribution in [0, 0.1) is 11.3 Å². The van der Waals surface area contributed by atoms with Gasteiger partial charge in [0, 0.05) is 38.8 Å². The molecule has 1 aromatic heterocycles. The van der Waals surface area contributed by atoms with Gasteiger partial charge in [0.25, 0.3) is 11.8 Å². The van der Waals surface area contributed by atoms with E-state index in [-0.39, 0.29) is 43.5 Å². The van der Waals surface area contributed by atoms with Crippen LogP contribution in [0.5, 0.6) is 0 Å². The molecular formula is C24H30N6O5S. The Morgan fingerprint density at radius 2 is 2.00 bits per heavy atom. The summed E-state index contributed by atoms with van der Waals surface area (Å²) in [6, 6.07) is 8.88. The lowest BCUT2D eigenvalue weighted by Gasteiger charge is -2.35. The molecule has 12 heteroatoms. The molecule has 11 nitrogen and oxygen atoms in total. The van der Waals surface area contributed by atoms with Gasteiger partial charge in [-0.3, -0.25) is 14.3 Å². The normalized spacial score (nSPS) is 18.2. The second-order valence-corrected chi connectivity index (χ2v) is 12.6. The Labute approximate surface area is 209 Å². The standard InChI is InChI=1S/C24H30N6O5S/c1-23(13-26,15-31)36(34,35)24(8-9-24)14-30-10-7-18-19(28-29(2)20(18)22(30)33)21(32)27-12-17-5-3-16(11-25)4-6-17/h3-6,31H,7-10,12-15,26H2,1-2H3,(H,27,32). The number of benzene rings is 1. The van der Waals surface area contributed by atoms with Crippen LogP contribution in [0.25, 0.3) is 0 Å². The van der Waals surface area contributed by atoms with E-state index in [1.165, 1.54) is 16.5 Å². The quantitative estimate of drug-likeness (QED) is 0.415. The fourth-order valence-corrected chi connectivity index (χ4v) is 7.05. The number of aromatic nitrogens is 2. The molecule has 0 radical (unpaired) electrons. The smallest absolute Gasteiger partial charge is 0.272 e. The number of aliphatic hydroxyl groups excluding tert-OH is 1. The number of nitrogens with zero attached hydrogens (tertiary/aromatic N) is 4. The molecule has 0 spiro atoms. The van der Waals surface area contributed by atoms with Crippen molar-refractivity contribution >= 4 is 21.7 Å². The Hall–Kier alpha value is -3.27. The zero-order valence-corrected chi connectivity index (χ0v) is 21.1. The van der Waals surface area contributed by atoms with E-state index in [0.717, 1.165) is 5.56 Å². The summed E-state index contributed by atoms with van der Waals surface area (Å²) >= 11 is 0. The van der Waals surface area contributed by atoms with E-state index < -0.39 is 31.8 Å². The number of carbonyl (C=O) groups excluding carboxylic acids is 2. The maximum atomic E-state index is 13.4. The van der Waals surface area contributed by atoms with Crippen molar-refractivity contribution in [2.75, 3.05) is 26.2 Å². The van der Waals surface area contributed by atoms with Crippen molar-refractivity contribution in [3.05, 3.63) is 52.3 Å². The average molecular weight is 515 g/mol. The van der Waals surface area contributed by atoms with E-state index in [1.807, 2.05) is 6.07 Å². The number of rotatable bonds is 9. The van der Waals surface area contributed by atoms with Crippen molar-refractivity contribution < 1.29 is 23.1 Å². The van der Waals surface area contributed by atoms with Crippen molar-refractivity contribution in [1.29, 1.82) is 5.26 Å². The summed E-state index contributed by atoms with van der Waals surface area (Å²) in [7, 11) is -2.24. The Morgan fingerprint density at radius 3 is 2.56 bits per heavy atom. The molecule has 4 rings (SSSR count).